The van der Waals surface area contributed by atoms with Crippen LogP contribution in [-0.2, 0) is 4.79 Å². The van der Waals surface area contributed by atoms with Crippen LogP contribution in [0.2, 0.25) is 0 Å². The number of benzene rings is 1. The Morgan fingerprint density at radius 1 is 1.17 bits per heavy atom. The van der Waals surface area contributed by atoms with Crippen molar-refractivity contribution in [2.45, 2.75) is 18.1 Å². The number of nitrogens with zero attached hydrogens (tertiary/aromatic N) is 1. The highest BCUT2D eigenvalue weighted by atomic mass is 16.3. The van der Waals surface area contributed by atoms with Crippen LogP contribution in [0, 0.1) is 0 Å². The highest BCUT2D eigenvalue weighted by molar-refractivity contribution is 5.86. The first-order valence-electron chi connectivity index (χ1n) is 7.68. The Bertz CT molecular complexity index is 510. The monoisotopic (exact) mass is 323 g/mol. The van der Waals surface area contributed by atoms with Gasteiger partial charge in [0.25, 0.3) is 0 Å². The number of carbonyl (C=O) groups is 1. The summed E-state index contributed by atoms with van der Waals surface area (Å²) in [7, 11) is 0. The molecule has 1 fully saturated rings. The Morgan fingerprint density at radius 3 is 2.35 bits per heavy atom. The topological polar surface area (TPSA) is 137 Å². The first-order chi connectivity index (χ1) is 11.1. The maximum atomic E-state index is 12.0. The molecule has 0 radical (unpaired) electrons. The van der Waals surface area contributed by atoms with Crippen LogP contribution in [-0.4, -0.2) is 67.1 Å². The van der Waals surface area contributed by atoms with Gasteiger partial charge in [0.2, 0.25) is 5.91 Å². The summed E-state index contributed by atoms with van der Waals surface area (Å²) in [6.07, 6.45) is 0. The third kappa shape index (κ3) is 4.11. The predicted octanol–water partition coefficient (Wildman–Crippen LogP) is -2.16. The highest BCUT2D eigenvalue weighted by Gasteiger charge is 2.44. The van der Waals surface area contributed by atoms with E-state index in [9.17, 15) is 4.79 Å². The fourth-order valence-electron chi connectivity index (χ4n) is 3.04. The number of aliphatic hydroxyl groups excluding tert-OH is 2. The van der Waals surface area contributed by atoms with E-state index >= 15 is 0 Å². The third-order valence-corrected chi connectivity index (χ3v) is 4.03. The van der Waals surface area contributed by atoms with Crippen LogP contribution in [0.4, 0.5) is 11.4 Å². The van der Waals surface area contributed by atoms with Crippen molar-refractivity contribution in [3.63, 3.8) is 0 Å². The average molecular weight is 323 g/mol. The quantitative estimate of drug-likeness (QED) is 0.300. The van der Waals surface area contributed by atoms with Gasteiger partial charge in [0.05, 0.1) is 19.3 Å². The molecule has 3 unspecified atom stereocenters. The molecule has 0 aromatic heterocycles. The molecule has 1 amide bonds. The van der Waals surface area contributed by atoms with Gasteiger partial charge in [-0.05, 0) is 24.3 Å². The number of carbonyl (C=O) groups excluding carboxylic acids is 1. The van der Waals surface area contributed by atoms with Crippen molar-refractivity contribution in [3.05, 3.63) is 24.3 Å². The van der Waals surface area contributed by atoms with Crippen molar-refractivity contribution in [1.29, 1.82) is 0 Å². The van der Waals surface area contributed by atoms with Gasteiger partial charge >= 0.3 is 0 Å². The number of nitrogens with one attached hydrogen (secondary N) is 2. The smallest absolute Gasteiger partial charge is 0.241 e. The summed E-state index contributed by atoms with van der Waals surface area (Å²) in [5, 5.41) is 24.5. The zero-order valence-electron chi connectivity index (χ0n) is 13.0. The van der Waals surface area contributed by atoms with E-state index in [-0.39, 0.29) is 25.3 Å². The number of nitrogen functional groups attached to an aromatic ring is 1. The van der Waals surface area contributed by atoms with Crippen molar-refractivity contribution < 1.29 is 15.0 Å². The van der Waals surface area contributed by atoms with Crippen LogP contribution in [0.5, 0.6) is 0 Å². The number of aliphatic hydroxyl groups is 2. The lowest BCUT2D eigenvalue weighted by atomic mass is 10.0. The molecule has 1 heterocycles. The fourth-order valence-corrected chi connectivity index (χ4v) is 3.04. The average Bonchev–Trinajstić information content (AvgIpc) is 2.90. The second-order valence-corrected chi connectivity index (χ2v) is 5.58. The number of hydrogen-bond acceptors (Lipinski definition) is 7. The van der Waals surface area contributed by atoms with E-state index < -0.39 is 11.9 Å². The zero-order chi connectivity index (χ0) is 16.8. The van der Waals surface area contributed by atoms with Gasteiger partial charge in [0, 0.05) is 37.1 Å². The molecule has 0 saturated carbocycles. The lowest BCUT2D eigenvalue weighted by Gasteiger charge is -2.28. The molecule has 8 N–H and O–H groups in total. The van der Waals surface area contributed by atoms with Crippen molar-refractivity contribution >= 4 is 17.3 Å². The van der Waals surface area contributed by atoms with Gasteiger partial charge in [-0.3, -0.25) is 4.79 Å². The van der Waals surface area contributed by atoms with Gasteiger partial charge in [-0.1, -0.05) is 0 Å². The SMILES string of the molecule is NC(=O)C1C(NCCO)C(NCCO)CN1c1ccc(N)cc1. The van der Waals surface area contributed by atoms with Crippen LogP contribution < -0.4 is 27.0 Å². The summed E-state index contributed by atoms with van der Waals surface area (Å²) in [5.74, 6) is -0.439. The summed E-state index contributed by atoms with van der Waals surface area (Å²) >= 11 is 0. The molecule has 1 aliphatic heterocycles. The van der Waals surface area contributed by atoms with Gasteiger partial charge < -0.3 is 37.2 Å². The Morgan fingerprint density at radius 2 is 1.78 bits per heavy atom. The Balaban J connectivity index is 2.25. The Kier molecular flexibility index (Phi) is 6.17. The second-order valence-electron chi connectivity index (χ2n) is 5.58. The fraction of sp³-hybridized carbons (Fsp3) is 0.533. The predicted molar refractivity (Wildman–Crippen MR) is 88.9 cm³/mol. The van der Waals surface area contributed by atoms with Crippen molar-refractivity contribution in [3.8, 4) is 0 Å². The summed E-state index contributed by atoms with van der Waals surface area (Å²) in [4.78, 5) is 13.9. The molecule has 1 aromatic rings. The molecule has 2 rings (SSSR count). The van der Waals surface area contributed by atoms with E-state index in [4.69, 9.17) is 21.7 Å². The minimum Gasteiger partial charge on any atom is -0.399 e. The van der Waals surface area contributed by atoms with Crippen LogP contribution in [0.3, 0.4) is 0 Å². The lowest BCUT2D eigenvalue weighted by Crippen LogP contribution is -2.56. The van der Waals surface area contributed by atoms with E-state index in [1.165, 1.54) is 0 Å². The van der Waals surface area contributed by atoms with E-state index in [1.807, 2.05) is 17.0 Å². The zero-order valence-corrected chi connectivity index (χ0v) is 13.0. The van der Waals surface area contributed by atoms with Gasteiger partial charge in [0.15, 0.2) is 0 Å². The standard InChI is InChI=1S/C15H25N5O3/c16-10-1-3-11(4-2-10)20-9-12(18-5-7-21)13(19-6-8-22)14(20)15(17)23/h1-4,12-14,18-19,21-22H,5-9,16H2,(H2,17,23). The largest absolute Gasteiger partial charge is 0.399 e. The third-order valence-electron chi connectivity index (χ3n) is 4.03. The molecule has 8 heteroatoms. The van der Waals surface area contributed by atoms with Crippen molar-refractivity contribution in [2.75, 3.05) is 43.5 Å². The number of anilines is 2. The van der Waals surface area contributed by atoms with E-state index in [0.717, 1.165) is 5.69 Å². The van der Waals surface area contributed by atoms with Crippen LogP contribution in [0.25, 0.3) is 0 Å². The van der Waals surface area contributed by atoms with Gasteiger partial charge in [-0.25, -0.2) is 0 Å². The van der Waals surface area contributed by atoms with Gasteiger partial charge in [-0.15, -0.1) is 0 Å². The molecule has 3 atom stereocenters. The van der Waals surface area contributed by atoms with Gasteiger partial charge in [-0.2, -0.15) is 0 Å². The van der Waals surface area contributed by atoms with Gasteiger partial charge in [0.1, 0.15) is 6.04 Å². The van der Waals surface area contributed by atoms with E-state index in [1.54, 1.807) is 12.1 Å². The Hall–Kier alpha value is -1.87. The number of amides is 1. The molecule has 1 aliphatic rings. The number of rotatable bonds is 8. The Labute approximate surface area is 135 Å². The van der Waals surface area contributed by atoms with Crippen molar-refractivity contribution in [1.82, 2.24) is 10.6 Å². The molecule has 0 bridgehead atoms. The molecule has 0 aliphatic carbocycles. The second kappa shape index (κ2) is 8.11. The molecule has 0 spiro atoms. The van der Waals surface area contributed by atoms with Crippen molar-refractivity contribution in [2.24, 2.45) is 5.73 Å². The summed E-state index contributed by atoms with van der Waals surface area (Å²) in [6, 6.07) is 6.36. The summed E-state index contributed by atoms with van der Waals surface area (Å²) < 4.78 is 0. The summed E-state index contributed by atoms with van der Waals surface area (Å²) in [6.45, 7) is 1.31. The first kappa shape index (κ1) is 17.5. The molecule has 23 heavy (non-hydrogen) atoms. The maximum Gasteiger partial charge on any atom is 0.241 e. The number of primary amides is 1. The first-order valence-corrected chi connectivity index (χ1v) is 7.68. The molecule has 8 nitrogen and oxygen atoms in total. The van der Waals surface area contributed by atoms with E-state index in [2.05, 4.69) is 10.6 Å². The number of nitrogens with two attached hydrogens (primary N) is 2. The van der Waals surface area contributed by atoms with E-state index in [0.29, 0.717) is 25.3 Å². The molecular formula is C15H25N5O3. The lowest BCUT2D eigenvalue weighted by molar-refractivity contribution is -0.119. The van der Waals surface area contributed by atoms with Crippen LogP contribution in [0.15, 0.2) is 24.3 Å². The van der Waals surface area contributed by atoms with Crippen LogP contribution in [0.1, 0.15) is 0 Å². The number of hydrogen-bond donors (Lipinski definition) is 6. The minimum atomic E-state index is -0.554. The molecule has 128 valence electrons. The maximum absolute atomic E-state index is 12.0. The van der Waals surface area contributed by atoms with Crippen LogP contribution >= 0.6 is 0 Å². The highest BCUT2D eigenvalue weighted by Crippen LogP contribution is 2.27. The summed E-state index contributed by atoms with van der Waals surface area (Å²) in [5.41, 5.74) is 12.8. The normalized spacial score (nSPS) is 24.1. The molecule has 1 aromatic carbocycles. The molecule has 1 saturated heterocycles. The minimum absolute atomic E-state index is 0.00628. The molecular weight excluding hydrogens is 298 g/mol.